The van der Waals surface area contributed by atoms with Crippen LogP contribution in [0.1, 0.15) is 42.5 Å². The molecule has 0 bridgehead atoms. The number of piperidine rings is 1. The van der Waals surface area contributed by atoms with Crippen molar-refractivity contribution in [3.05, 3.63) is 53.1 Å². The van der Waals surface area contributed by atoms with Crippen LogP contribution < -0.4 is 14.8 Å². The molecule has 138 valence electrons. The Morgan fingerprint density at radius 3 is 2.85 bits per heavy atom. The summed E-state index contributed by atoms with van der Waals surface area (Å²) in [5.74, 6) is 2.66. The maximum atomic E-state index is 6.21. The number of methoxy groups -OCH3 is 1. The largest absolute Gasteiger partial charge is 0.497 e. The summed E-state index contributed by atoms with van der Waals surface area (Å²) in [6.45, 7) is 7.83. The van der Waals surface area contributed by atoms with Gasteiger partial charge in [0, 0.05) is 29.8 Å². The third kappa shape index (κ3) is 3.31. The number of aryl methyl sites for hydroxylation is 1. The fraction of sp³-hybridized carbons (Fsp3) is 0.455. The molecule has 2 aliphatic heterocycles. The van der Waals surface area contributed by atoms with Crippen molar-refractivity contribution in [1.29, 1.82) is 0 Å². The summed E-state index contributed by atoms with van der Waals surface area (Å²) in [6.07, 6.45) is 2.48. The van der Waals surface area contributed by atoms with Crippen LogP contribution in [0.3, 0.4) is 0 Å². The molecule has 2 heterocycles. The zero-order valence-corrected chi connectivity index (χ0v) is 15.9. The van der Waals surface area contributed by atoms with E-state index in [4.69, 9.17) is 9.47 Å². The minimum Gasteiger partial charge on any atom is -0.497 e. The van der Waals surface area contributed by atoms with Gasteiger partial charge in [-0.05, 0) is 51.1 Å². The van der Waals surface area contributed by atoms with Crippen LogP contribution in [-0.2, 0) is 0 Å². The number of likely N-dealkylation sites (tertiary alicyclic amines) is 1. The molecule has 0 spiro atoms. The molecule has 1 N–H and O–H groups in total. The summed E-state index contributed by atoms with van der Waals surface area (Å²) < 4.78 is 11.6. The molecule has 2 aliphatic rings. The highest BCUT2D eigenvalue weighted by atomic mass is 16.5. The van der Waals surface area contributed by atoms with Gasteiger partial charge in [0.1, 0.15) is 17.2 Å². The lowest BCUT2D eigenvalue weighted by Gasteiger charge is -2.37. The van der Waals surface area contributed by atoms with Crippen molar-refractivity contribution < 1.29 is 9.47 Å². The zero-order valence-electron chi connectivity index (χ0n) is 15.9. The number of likely N-dealkylation sites (N-methyl/N-ethyl adjacent to an activating group) is 1. The molecule has 2 unspecified atom stereocenters. The van der Waals surface area contributed by atoms with Gasteiger partial charge in [0.25, 0.3) is 0 Å². The molecule has 0 amide bonds. The van der Waals surface area contributed by atoms with E-state index < -0.39 is 0 Å². The summed E-state index contributed by atoms with van der Waals surface area (Å²) in [6, 6.07) is 13.2. The van der Waals surface area contributed by atoms with Gasteiger partial charge in [0.15, 0.2) is 0 Å². The Balaban J connectivity index is 1.69. The molecule has 2 aromatic rings. The standard InChI is InChI=1S/C22H28N2O2/c1-4-24-11-5-6-16(14-24)23-22-18-9-8-17(25-3)13-21(18)26-20-10-7-15(2)12-19(20)22/h7-10,12-13,16,22-23H,4-6,11,14H2,1-3H3. The molecule has 26 heavy (non-hydrogen) atoms. The van der Waals surface area contributed by atoms with Crippen LogP contribution in [0.5, 0.6) is 17.2 Å². The molecule has 2 aromatic carbocycles. The van der Waals surface area contributed by atoms with Crippen LogP contribution in [0, 0.1) is 6.92 Å². The highest BCUT2D eigenvalue weighted by Crippen LogP contribution is 2.44. The topological polar surface area (TPSA) is 33.7 Å². The SMILES string of the molecule is CCN1CCCC(NC2c3ccc(OC)cc3Oc3ccc(C)cc32)C1. The second-order valence-electron chi connectivity index (χ2n) is 7.38. The smallest absolute Gasteiger partial charge is 0.136 e. The highest BCUT2D eigenvalue weighted by Gasteiger charge is 2.30. The summed E-state index contributed by atoms with van der Waals surface area (Å²) in [4.78, 5) is 2.53. The molecular formula is C22H28N2O2. The van der Waals surface area contributed by atoms with Crippen LogP contribution in [-0.4, -0.2) is 37.7 Å². The van der Waals surface area contributed by atoms with Crippen molar-refractivity contribution in [2.75, 3.05) is 26.7 Å². The average molecular weight is 352 g/mol. The lowest BCUT2D eigenvalue weighted by atomic mass is 9.91. The minimum absolute atomic E-state index is 0.154. The summed E-state index contributed by atoms with van der Waals surface area (Å²) >= 11 is 0. The van der Waals surface area contributed by atoms with E-state index in [1.54, 1.807) is 7.11 Å². The van der Waals surface area contributed by atoms with Gasteiger partial charge in [-0.15, -0.1) is 0 Å². The second kappa shape index (κ2) is 7.29. The molecule has 1 saturated heterocycles. The number of nitrogens with one attached hydrogen (secondary N) is 1. The molecule has 4 heteroatoms. The highest BCUT2D eigenvalue weighted by molar-refractivity contribution is 5.56. The summed E-state index contributed by atoms with van der Waals surface area (Å²) in [5, 5.41) is 3.94. The minimum atomic E-state index is 0.154. The molecular weight excluding hydrogens is 324 g/mol. The van der Waals surface area contributed by atoms with E-state index in [1.807, 2.05) is 12.1 Å². The van der Waals surface area contributed by atoms with Gasteiger partial charge in [0.2, 0.25) is 0 Å². The maximum Gasteiger partial charge on any atom is 0.136 e. The first kappa shape index (κ1) is 17.4. The van der Waals surface area contributed by atoms with E-state index in [1.165, 1.54) is 36.1 Å². The van der Waals surface area contributed by atoms with Crippen molar-refractivity contribution in [3.63, 3.8) is 0 Å². The van der Waals surface area contributed by atoms with Crippen LogP contribution in [0.25, 0.3) is 0 Å². The molecule has 2 atom stereocenters. The normalized spacial score (nSPS) is 22.3. The first-order valence-electron chi connectivity index (χ1n) is 9.62. The Morgan fingerprint density at radius 1 is 1.15 bits per heavy atom. The monoisotopic (exact) mass is 352 g/mol. The van der Waals surface area contributed by atoms with Crippen LogP contribution in [0.4, 0.5) is 0 Å². The Kier molecular flexibility index (Phi) is 4.88. The van der Waals surface area contributed by atoms with E-state index in [2.05, 4.69) is 48.3 Å². The first-order valence-corrected chi connectivity index (χ1v) is 9.62. The molecule has 1 fully saturated rings. The van der Waals surface area contributed by atoms with E-state index in [0.717, 1.165) is 30.3 Å². The quantitative estimate of drug-likeness (QED) is 0.891. The van der Waals surface area contributed by atoms with E-state index in [9.17, 15) is 0 Å². The van der Waals surface area contributed by atoms with Gasteiger partial charge in [-0.1, -0.05) is 24.6 Å². The zero-order chi connectivity index (χ0) is 18.1. The number of benzene rings is 2. The summed E-state index contributed by atoms with van der Waals surface area (Å²) in [7, 11) is 1.69. The Bertz CT molecular complexity index is 790. The predicted molar refractivity (Wildman–Crippen MR) is 104 cm³/mol. The van der Waals surface area contributed by atoms with Gasteiger partial charge >= 0.3 is 0 Å². The van der Waals surface area contributed by atoms with Gasteiger partial charge in [0.05, 0.1) is 13.2 Å². The molecule has 4 nitrogen and oxygen atoms in total. The maximum absolute atomic E-state index is 6.21. The van der Waals surface area contributed by atoms with E-state index in [-0.39, 0.29) is 6.04 Å². The van der Waals surface area contributed by atoms with Crippen LogP contribution >= 0.6 is 0 Å². The number of nitrogens with zero attached hydrogens (tertiary/aromatic N) is 1. The lowest BCUT2D eigenvalue weighted by Crippen LogP contribution is -2.47. The Morgan fingerprint density at radius 2 is 2.04 bits per heavy atom. The average Bonchev–Trinajstić information content (AvgIpc) is 2.68. The summed E-state index contributed by atoms with van der Waals surface area (Å²) in [5.41, 5.74) is 3.68. The molecule has 0 aliphatic carbocycles. The Labute approximate surface area is 156 Å². The number of ether oxygens (including phenoxy) is 2. The van der Waals surface area contributed by atoms with Gasteiger partial charge in [-0.2, -0.15) is 0 Å². The first-order chi connectivity index (χ1) is 12.7. The Hall–Kier alpha value is -2.04. The molecule has 0 aromatic heterocycles. The van der Waals surface area contributed by atoms with Crippen LogP contribution in [0.15, 0.2) is 36.4 Å². The van der Waals surface area contributed by atoms with Gasteiger partial charge in [-0.25, -0.2) is 0 Å². The van der Waals surface area contributed by atoms with Crippen molar-refractivity contribution in [3.8, 4) is 17.2 Å². The number of hydrogen-bond donors (Lipinski definition) is 1. The number of hydrogen-bond acceptors (Lipinski definition) is 4. The van der Waals surface area contributed by atoms with Gasteiger partial charge < -0.3 is 19.7 Å². The molecule has 4 rings (SSSR count). The van der Waals surface area contributed by atoms with Crippen molar-refractivity contribution in [1.82, 2.24) is 10.2 Å². The van der Waals surface area contributed by atoms with Crippen molar-refractivity contribution in [2.24, 2.45) is 0 Å². The van der Waals surface area contributed by atoms with Crippen molar-refractivity contribution in [2.45, 2.75) is 38.8 Å². The molecule has 0 saturated carbocycles. The molecule has 0 radical (unpaired) electrons. The van der Waals surface area contributed by atoms with E-state index in [0.29, 0.717) is 6.04 Å². The van der Waals surface area contributed by atoms with Gasteiger partial charge in [-0.3, -0.25) is 0 Å². The third-order valence-electron chi connectivity index (χ3n) is 5.58. The number of fused-ring (bicyclic) bond motifs is 2. The second-order valence-corrected chi connectivity index (χ2v) is 7.38. The number of rotatable bonds is 4. The van der Waals surface area contributed by atoms with Crippen molar-refractivity contribution >= 4 is 0 Å². The fourth-order valence-electron chi connectivity index (χ4n) is 4.14. The fourth-order valence-corrected chi connectivity index (χ4v) is 4.14. The lowest BCUT2D eigenvalue weighted by molar-refractivity contribution is 0.192. The van der Waals surface area contributed by atoms with Crippen LogP contribution in [0.2, 0.25) is 0 Å². The third-order valence-corrected chi connectivity index (χ3v) is 5.58. The predicted octanol–water partition coefficient (Wildman–Crippen LogP) is 4.27. The van der Waals surface area contributed by atoms with E-state index >= 15 is 0 Å².